The Bertz CT molecular complexity index is 1020. The Balaban J connectivity index is 1.62. The predicted octanol–water partition coefficient (Wildman–Crippen LogP) is 2.08. The summed E-state index contributed by atoms with van der Waals surface area (Å²) in [6.07, 6.45) is 1.67. The maximum atomic E-state index is 12.7. The normalized spacial score (nSPS) is 12.6. The zero-order chi connectivity index (χ0) is 22.2. The number of esters is 1. The molecule has 160 valence electrons. The van der Waals surface area contributed by atoms with E-state index >= 15 is 0 Å². The molecule has 9 heteroatoms. The average Bonchev–Trinajstić information content (AvgIpc) is 3.30. The highest BCUT2D eigenvalue weighted by Gasteiger charge is 2.25. The largest absolute Gasteiger partial charge is 0.456 e. The minimum atomic E-state index is -0.786. The first-order chi connectivity index (χ1) is 14.9. The van der Waals surface area contributed by atoms with Gasteiger partial charge in [0.15, 0.2) is 18.4 Å². The van der Waals surface area contributed by atoms with Crippen molar-refractivity contribution in [3.63, 3.8) is 0 Å². The molecular weight excluding hydrogens is 398 g/mol. The van der Waals surface area contributed by atoms with Crippen LogP contribution in [0, 0.1) is 0 Å². The fraction of sp³-hybridized carbons (Fsp3) is 0.273. The van der Waals surface area contributed by atoms with Crippen molar-refractivity contribution in [1.82, 2.24) is 25.5 Å². The lowest BCUT2D eigenvalue weighted by molar-refractivity contribution is -0.146. The molecule has 3 rings (SSSR count). The number of hydrogen-bond acceptors (Lipinski definition) is 7. The number of Topliss-reactive ketones (excluding diaryl/α,β-unsaturated/α-hetero) is 1. The molecule has 0 fully saturated rings. The van der Waals surface area contributed by atoms with Gasteiger partial charge in [-0.15, -0.1) is 5.10 Å². The SMILES string of the molecule is CC(=O)N[C@H](C)c1ccc(C(=O)COC(=O)[C@H](Cc2ccccc2)n2cnnn2)cc1. The van der Waals surface area contributed by atoms with Gasteiger partial charge in [0.1, 0.15) is 6.33 Å². The summed E-state index contributed by atoms with van der Waals surface area (Å²) in [6, 6.07) is 15.3. The van der Waals surface area contributed by atoms with Gasteiger partial charge in [-0.3, -0.25) is 9.59 Å². The van der Waals surface area contributed by atoms with Crippen molar-refractivity contribution in [3.8, 4) is 0 Å². The summed E-state index contributed by atoms with van der Waals surface area (Å²) >= 11 is 0. The van der Waals surface area contributed by atoms with E-state index in [1.807, 2.05) is 37.3 Å². The number of ether oxygens (including phenoxy) is 1. The molecule has 2 aromatic carbocycles. The number of ketones is 1. The van der Waals surface area contributed by atoms with Gasteiger partial charge in [0.2, 0.25) is 5.91 Å². The topological polar surface area (TPSA) is 116 Å². The van der Waals surface area contributed by atoms with Gasteiger partial charge >= 0.3 is 5.97 Å². The number of nitrogens with zero attached hydrogens (tertiary/aromatic N) is 4. The van der Waals surface area contributed by atoms with Crippen LogP contribution in [0.4, 0.5) is 0 Å². The quantitative estimate of drug-likeness (QED) is 0.415. The van der Waals surface area contributed by atoms with Crippen molar-refractivity contribution in [1.29, 1.82) is 0 Å². The van der Waals surface area contributed by atoms with E-state index in [2.05, 4.69) is 20.8 Å². The van der Waals surface area contributed by atoms with E-state index in [1.54, 1.807) is 24.3 Å². The van der Waals surface area contributed by atoms with Gasteiger partial charge in [-0.25, -0.2) is 9.48 Å². The summed E-state index contributed by atoms with van der Waals surface area (Å²) in [5.74, 6) is -1.06. The number of nitrogens with one attached hydrogen (secondary N) is 1. The third kappa shape index (κ3) is 6.05. The van der Waals surface area contributed by atoms with Crippen LogP contribution in [-0.4, -0.2) is 44.5 Å². The van der Waals surface area contributed by atoms with Crippen LogP contribution in [0.5, 0.6) is 0 Å². The summed E-state index contributed by atoms with van der Waals surface area (Å²) in [5.41, 5.74) is 2.19. The van der Waals surface area contributed by atoms with E-state index in [0.29, 0.717) is 12.0 Å². The molecule has 0 aliphatic heterocycles. The molecular formula is C22H23N5O4. The number of benzene rings is 2. The second-order valence-electron chi connectivity index (χ2n) is 7.07. The van der Waals surface area contributed by atoms with E-state index in [4.69, 9.17) is 4.74 Å². The van der Waals surface area contributed by atoms with Gasteiger partial charge < -0.3 is 10.1 Å². The molecule has 1 N–H and O–H groups in total. The highest BCUT2D eigenvalue weighted by molar-refractivity contribution is 5.98. The molecule has 9 nitrogen and oxygen atoms in total. The summed E-state index contributed by atoms with van der Waals surface area (Å²) in [7, 11) is 0. The number of carbonyl (C=O) groups is 3. The van der Waals surface area contributed by atoms with Crippen LogP contribution in [0.15, 0.2) is 60.9 Å². The van der Waals surface area contributed by atoms with Gasteiger partial charge in [0, 0.05) is 18.9 Å². The number of rotatable bonds is 9. The Morgan fingerprint density at radius 2 is 1.77 bits per heavy atom. The number of aromatic nitrogens is 4. The molecule has 1 aromatic heterocycles. The summed E-state index contributed by atoms with van der Waals surface area (Å²) in [4.78, 5) is 36.4. The first kappa shape index (κ1) is 21.8. The molecule has 0 aliphatic carbocycles. The van der Waals surface area contributed by atoms with E-state index in [9.17, 15) is 14.4 Å². The highest BCUT2D eigenvalue weighted by atomic mass is 16.5. The molecule has 31 heavy (non-hydrogen) atoms. The van der Waals surface area contributed by atoms with Crippen molar-refractivity contribution in [2.24, 2.45) is 0 Å². The van der Waals surface area contributed by atoms with Crippen molar-refractivity contribution < 1.29 is 19.1 Å². The third-order valence-electron chi connectivity index (χ3n) is 4.73. The van der Waals surface area contributed by atoms with Crippen molar-refractivity contribution in [2.45, 2.75) is 32.4 Å². The highest BCUT2D eigenvalue weighted by Crippen LogP contribution is 2.16. The zero-order valence-electron chi connectivity index (χ0n) is 17.3. The van der Waals surface area contributed by atoms with E-state index in [0.717, 1.165) is 11.1 Å². The standard InChI is InChI=1S/C22H23N5O4/c1-15(24-16(2)28)18-8-10-19(11-9-18)21(29)13-31-22(30)20(27-14-23-25-26-27)12-17-6-4-3-5-7-17/h3-11,14-15,20H,12-13H2,1-2H3,(H,24,28)/t15-,20+/m1/s1. The molecule has 3 aromatic rings. The number of carbonyl (C=O) groups excluding carboxylic acids is 3. The molecule has 0 radical (unpaired) electrons. The van der Waals surface area contributed by atoms with Crippen LogP contribution in [0.1, 0.15) is 47.4 Å². The summed E-state index contributed by atoms with van der Waals surface area (Å²) < 4.78 is 6.60. The third-order valence-corrected chi connectivity index (χ3v) is 4.73. The van der Waals surface area contributed by atoms with Crippen LogP contribution in [-0.2, 0) is 20.7 Å². The second kappa shape index (κ2) is 10.2. The summed E-state index contributed by atoms with van der Waals surface area (Å²) in [5, 5.41) is 13.8. The minimum Gasteiger partial charge on any atom is -0.456 e. The zero-order valence-corrected chi connectivity index (χ0v) is 17.3. The van der Waals surface area contributed by atoms with Gasteiger partial charge in [-0.2, -0.15) is 0 Å². The first-order valence-corrected chi connectivity index (χ1v) is 9.77. The smallest absolute Gasteiger partial charge is 0.331 e. The Morgan fingerprint density at radius 3 is 2.39 bits per heavy atom. The molecule has 0 saturated heterocycles. The molecule has 1 amide bonds. The van der Waals surface area contributed by atoms with Crippen LogP contribution < -0.4 is 5.32 Å². The van der Waals surface area contributed by atoms with Crippen LogP contribution in [0.3, 0.4) is 0 Å². The van der Waals surface area contributed by atoms with Gasteiger partial charge in [-0.1, -0.05) is 54.6 Å². The number of hydrogen-bond donors (Lipinski definition) is 1. The summed E-state index contributed by atoms with van der Waals surface area (Å²) in [6.45, 7) is 2.90. The van der Waals surface area contributed by atoms with Crippen molar-refractivity contribution >= 4 is 17.7 Å². The predicted molar refractivity (Wildman–Crippen MR) is 111 cm³/mol. The van der Waals surface area contributed by atoms with Crippen LogP contribution in [0.25, 0.3) is 0 Å². The van der Waals surface area contributed by atoms with E-state index < -0.39 is 18.6 Å². The fourth-order valence-corrected chi connectivity index (χ4v) is 3.10. The van der Waals surface area contributed by atoms with Crippen molar-refractivity contribution in [3.05, 3.63) is 77.6 Å². The van der Waals surface area contributed by atoms with Gasteiger partial charge in [0.05, 0.1) is 6.04 Å². The average molecular weight is 421 g/mol. The lowest BCUT2D eigenvalue weighted by atomic mass is 10.0. The van der Waals surface area contributed by atoms with Crippen LogP contribution >= 0.6 is 0 Å². The Labute approximate surface area is 179 Å². The monoisotopic (exact) mass is 421 g/mol. The van der Waals surface area contributed by atoms with Crippen LogP contribution in [0.2, 0.25) is 0 Å². The molecule has 0 bridgehead atoms. The second-order valence-corrected chi connectivity index (χ2v) is 7.07. The van der Waals surface area contributed by atoms with Gasteiger partial charge in [0.25, 0.3) is 0 Å². The minimum absolute atomic E-state index is 0.132. The molecule has 1 heterocycles. The molecule has 0 spiro atoms. The number of amides is 1. The Kier molecular flexibility index (Phi) is 7.21. The Morgan fingerprint density at radius 1 is 1.06 bits per heavy atom. The molecule has 0 saturated carbocycles. The van der Waals surface area contributed by atoms with E-state index in [-0.39, 0.29) is 17.7 Å². The van der Waals surface area contributed by atoms with Crippen molar-refractivity contribution in [2.75, 3.05) is 6.61 Å². The lowest BCUT2D eigenvalue weighted by Gasteiger charge is -2.15. The lowest BCUT2D eigenvalue weighted by Crippen LogP contribution is -2.27. The molecule has 0 unspecified atom stereocenters. The first-order valence-electron chi connectivity index (χ1n) is 9.77. The molecule has 0 aliphatic rings. The molecule has 2 atom stereocenters. The van der Waals surface area contributed by atoms with E-state index in [1.165, 1.54) is 17.9 Å². The van der Waals surface area contributed by atoms with Gasteiger partial charge in [-0.05, 0) is 28.5 Å². The number of tetrazole rings is 1. The Hall–Kier alpha value is -3.88. The maximum Gasteiger partial charge on any atom is 0.331 e. The maximum absolute atomic E-state index is 12.7. The fourth-order valence-electron chi connectivity index (χ4n) is 3.10.